The largest absolute Gasteiger partial charge is 0.331 e. The molecule has 0 unspecified atom stereocenters. The van der Waals surface area contributed by atoms with Crippen LogP contribution >= 0.6 is 0 Å². The van der Waals surface area contributed by atoms with E-state index in [1.165, 1.54) is 32.1 Å². The molecule has 2 aliphatic rings. The topological polar surface area (TPSA) is 20.3 Å². The fourth-order valence-electron chi connectivity index (χ4n) is 2.56. The molecular weight excluding hydrogens is 198 g/mol. The van der Waals surface area contributed by atoms with E-state index in [-0.39, 0.29) is 5.92 Å². The van der Waals surface area contributed by atoms with Crippen molar-refractivity contribution in [3.05, 3.63) is 0 Å². The van der Waals surface area contributed by atoms with Crippen LogP contribution in [0.3, 0.4) is 0 Å². The molecule has 16 heavy (non-hydrogen) atoms. The van der Waals surface area contributed by atoms with E-state index in [9.17, 15) is 4.79 Å². The molecule has 1 amide bonds. The van der Waals surface area contributed by atoms with Crippen molar-refractivity contribution in [1.82, 2.24) is 4.90 Å². The Bertz CT molecular complexity index is 282. The normalized spacial score (nSPS) is 21.4. The third-order valence-corrected chi connectivity index (χ3v) is 3.72. The molecule has 0 N–H and O–H groups in total. The molecule has 2 heteroatoms. The maximum absolute atomic E-state index is 12.3. The Kier molecular flexibility index (Phi) is 3.88. The Morgan fingerprint density at radius 2 is 1.88 bits per heavy atom. The van der Waals surface area contributed by atoms with Gasteiger partial charge in [-0.15, -0.1) is 6.42 Å². The lowest BCUT2D eigenvalue weighted by Gasteiger charge is -2.28. The summed E-state index contributed by atoms with van der Waals surface area (Å²) in [6.45, 7) is 1.41. The molecule has 2 aliphatic carbocycles. The number of amides is 1. The monoisotopic (exact) mass is 219 g/mol. The average Bonchev–Trinajstić information content (AvgIpc) is 3.13. The van der Waals surface area contributed by atoms with Crippen LogP contribution in [0.15, 0.2) is 0 Å². The number of carbonyl (C=O) groups is 1. The first-order valence-corrected chi connectivity index (χ1v) is 6.53. The molecule has 2 fully saturated rings. The van der Waals surface area contributed by atoms with Crippen molar-refractivity contribution in [3.8, 4) is 12.3 Å². The van der Waals surface area contributed by atoms with Gasteiger partial charge < -0.3 is 4.90 Å². The van der Waals surface area contributed by atoms with Crippen molar-refractivity contribution in [3.63, 3.8) is 0 Å². The van der Waals surface area contributed by atoms with Gasteiger partial charge in [0.1, 0.15) is 0 Å². The molecule has 0 radical (unpaired) electrons. The van der Waals surface area contributed by atoms with E-state index in [4.69, 9.17) is 6.42 Å². The molecule has 0 aromatic heterocycles. The highest BCUT2D eigenvalue weighted by molar-refractivity contribution is 5.79. The summed E-state index contributed by atoms with van der Waals surface area (Å²) in [4.78, 5) is 14.2. The van der Waals surface area contributed by atoms with Crippen molar-refractivity contribution in [1.29, 1.82) is 0 Å². The van der Waals surface area contributed by atoms with Crippen LogP contribution in [-0.2, 0) is 4.79 Å². The van der Waals surface area contributed by atoms with Gasteiger partial charge >= 0.3 is 0 Å². The van der Waals surface area contributed by atoms with Crippen molar-refractivity contribution in [2.24, 2.45) is 11.8 Å². The smallest absolute Gasteiger partial charge is 0.226 e. The van der Waals surface area contributed by atoms with Gasteiger partial charge in [-0.1, -0.05) is 25.2 Å². The lowest BCUT2D eigenvalue weighted by molar-refractivity contribution is -0.136. The molecule has 2 rings (SSSR count). The van der Waals surface area contributed by atoms with Crippen LogP contribution in [0, 0.1) is 24.2 Å². The first-order chi connectivity index (χ1) is 7.81. The van der Waals surface area contributed by atoms with Crippen molar-refractivity contribution >= 4 is 5.91 Å². The summed E-state index contributed by atoms with van der Waals surface area (Å²) in [5.74, 6) is 3.95. The van der Waals surface area contributed by atoms with Crippen molar-refractivity contribution in [2.45, 2.75) is 44.9 Å². The van der Waals surface area contributed by atoms with E-state index in [0.717, 1.165) is 25.3 Å². The number of terminal acetylenes is 1. The third-order valence-electron chi connectivity index (χ3n) is 3.72. The highest BCUT2D eigenvalue weighted by Crippen LogP contribution is 2.31. The zero-order valence-electron chi connectivity index (χ0n) is 9.95. The molecule has 0 heterocycles. The third kappa shape index (κ3) is 3.01. The lowest BCUT2D eigenvalue weighted by atomic mass is 9.88. The minimum absolute atomic E-state index is 0.265. The van der Waals surface area contributed by atoms with Crippen LogP contribution in [0.1, 0.15) is 44.9 Å². The van der Waals surface area contributed by atoms with E-state index >= 15 is 0 Å². The zero-order chi connectivity index (χ0) is 11.4. The molecule has 0 aromatic carbocycles. The summed E-state index contributed by atoms with van der Waals surface area (Å²) in [5, 5.41) is 0. The Morgan fingerprint density at radius 3 is 2.44 bits per heavy atom. The fourth-order valence-corrected chi connectivity index (χ4v) is 2.56. The van der Waals surface area contributed by atoms with Crippen LogP contribution in [-0.4, -0.2) is 23.9 Å². The quantitative estimate of drug-likeness (QED) is 0.665. The molecule has 2 saturated carbocycles. The van der Waals surface area contributed by atoms with Crippen LogP contribution in [0.25, 0.3) is 0 Å². The van der Waals surface area contributed by atoms with E-state index in [1.54, 1.807) is 0 Å². The Morgan fingerprint density at radius 1 is 1.19 bits per heavy atom. The zero-order valence-corrected chi connectivity index (χ0v) is 9.95. The summed E-state index contributed by atoms with van der Waals surface area (Å²) >= 11 is 0. The highest BCUT2D eigenvalue weighted by atomic mass is 16.2. The predicted molar refractivity (Wildman–Crippen MR) is 64.7 cm³/mol. The first-order valence-electron chi connectivity index (χ1n) is 6.53. The molecule has 0 spiro atoms. The maximum atomic E-state index is 12.3. The number of hydrogen-bond acceptors (Lipinski definition) is 1. The molecule has 0 atom stereocenters. The van der Waals surface area contributed by atoms with Crippen LogP contribution in [0.2, 0.25) is 0 Å². The van der Waals surface area contributed by atoms with Crippen LogP contribution < -0.4 is 0 Å². The van der Waals surface area contributed by atoms with Gasteiger partial charge in [-0.3, -0.25) is 4.79 Å². The minimum Gasteiger partial charge on any atom is -0.331 e. The number of hydrogen-bond donors (Lipinski definition) is 0. The standard InChI is InChI=1S/C14H21NO/c1-2-10-15(11-12-8-9-12)14(16)13-6-4-3-5-7-13/h1,12-13H,3-11H2. The van der Waals surface area contributed by atoms with Gasteiger partial charge in [0.05, 0.1) is 6.54 Å². The second-order valence-electron chi connectivity index (χ2n) is 5.20. The van der Waals surface area contributed by atoms with Gasteiger partial charge in [0.15, 0.2) is 0 Å². The molecule has 88 valence electrons. The van der Waals surface area contributed by atoms with Crippen LogP contribution in [0.5, 0.6) is 0 Å². The van der Waals surface area contributed by atoms with Gasteiger partial charge in [0, 0.05) is 12.5 Å². The second-order valence-corrected chi connectivity index (χ2v) is 5.20. The van der Waals surface area contributed by atoms with Gasteiger partial charge in [-0.2, -0.15) is 0 Å². The van der Waals surface area contributed by atoms with E-state index in [1.807, 2.05) is 4.90 Å². The van der Waals surface area contributed by atoms with Gasteiger partial charge in [0.2, 0.25) is 5.91 Å². The van der Waals surface area contributed by atoms with E-state index in [0.29, 0.717) is 12.5 Å². The predicted octanol–water partition coefficient (Wildman–Crippen LogP) is 2.44. The van der Waals surface area contributed by atoms with E-state index < -0.39 is 0 Å². The summed E-state index contributed by atoms with van der Waals surface area (Å²) in [6.07, 6.45) is 13.8. The number of nitrogens with zero attached hydrogens (tertiary/aromatic N) is 1. The summed E-state index contributed by atoms with van der Waals surface area (Å²) < 4.78 is 0. The van der Waals surface area contributed by atoms with Gasteiger partial charge in [0.25, 0.3) is 0 Å². The number of rotatable bonds is 4. The van der Waals surface area contributed by atoms with Crippen LogP contribution in [0.4, 0.5) is 0 Å². The van der Waals surface area contributed by atoms with E-state index in [2.05, 4.69) is 5.92 Å². The second kappa shape index (κ2) is 5.39. The summed E-state index contributed by atoms with van der Waals surface area (Å²) in [6, 6.07) is 0. The number of carbonyl (C=O) groups excluding carboxylic acids is 1. The molecule has 2 nitrogen and oxygen atoms in total. The SMILES string of the molecule is C#CCN(CC1CC1)C(=O)C1CCCCC1. The molecule has 0 saturated heterocycles. The van der Waals surface area contributed by atoms with Gasteiger partial charge in [-0.25, -0.2) is 0 Å². The fraction of sp³-hybridized carbons (Fsp3) is 0.786. The summed E-state index contributed by atoms with van der Waals surface area (Å²) in [5.41, 5.74) is 0. The molecule has 0 aromatic rings. The average molecular weight is 219 g/mol. The molecular formula is C14H21NO. The minimum atomic E-state index is 0.265. The van der Waals surface area contributed by atoms with Crippen molar-refractivity contribution < 1.29 is 4.79 Å². The van der Waals surface area contributed by atoms with Gasteiger partial charge in [-0.05, 0) is 31.6 Å². The summed E-state index contributed by atoms with van der Waals surface area (Å²) in [7, 11) is 0. The lowest BCUT2D eigenvalue weighted by Crippen LogP contribution is -2.38. The Hall–Kier alpha value is -0.970. The Labute approximate surface area is 98.4 Å². The Balaban J connectivity index is 1.89. The molecule has 0 aliphatic heterocycles. The molecule has 0 bridgehead atoms. The van der Waals surface area contributed by atoms with Crippen molar-refractivity contribution in [2.75, 3.05) is 13.1 Å². The highest BCUT2D eigenvalue weighted by Gasteiger charge is 2.30. The maximum Gasteiger partial charge on any atom is 0.226 e. The first kappa shape index (κ1) is 11.5.